The molecular weight excluding hydrogens is 228 g/mol. The third kappa shape index (κ3) is 3.16. The van der Waals surface area contributed by atoms with E-state index in [4.69, 9.17) is 0 Å². The smallest absolute Gasteiger partial charge is 0.152 e. The van der Waals surface area contributed by atoms with Gasteiger partial charge in [-0.25, -0.2) is 4.98 Å². The van der Waals surface area contributed by atoms with Gasteiger partial charge in [-0.05, 0) is 6.92 Å². The van der Waals surface area contributed by atoms with Gasteiger partial charge in [0.2, 0.25) is 0 Å². The van der Waals surface area contributed by atoms with E-state index < -0.39 is 0 Å². The lowest BCUT2D eigenvalue weighted by atomic mass is 10.3. The van der Waals surface area contributed by atoms with Crippen LogP contribution in [0, 0.1) is 0 Å². The highest BCUT2D eigenvalue weighted by Crippen LogP contribution is 2.02. The molecule has 0 spiro atoms. The quantitative estimate of drug-likeness (QED) is 0.830. The zero-order valence-electron chi connectivity index (χ0n) is 11.2. The Morgan fingerprint density at radius 1 is 1.33 bits per heavy atom. The third-order valence-corrected chi connectivity index (χ3v) is 2.74. The first-order chi connectivity index (χ1) is 8.69. The molecule has 0 aliphatic heterocycles. The number of hydrogen-bond donors (Lipinski definition) is 1. The summed E-state index contributed by atoms with van der Waals surface area (Å²) in [4.78, 5) is 4.37. The highest BCUT2D eigenvalue weighted by Gasteiger charge is 2.05. The van der Waals surface area contributed by atoms with Gasteiger partial charge < -0.3 is 14.5 Å². The fourth-order valence-corrected chi connectivity index (χ4v) is 1.72. The summed E-state index contributed by atoms with van der Waals surface area (Å²) in [5.41, 5.74) is 1.05. The molecule has 2 aromatic heterocycles. The van der Waals surface area contributed by atoms with Crippen molar-refractivity contribution < 1.29 is 0 Å². The first-order valence-electron chi connectivity index (χ1n) is 6.29. The van der Waals surface area contributed by atoms with E-state index in [1.54, 1.807) is 6.33 Å². The topological polar surface area (TPSA) is 60.6 Å². The SMILES string of the molecule is CCn1cnnc1Cn1cnc(CNC(C)C)c1. The van der Waals surface area contributed by atoms with Crippen molar-refractivity contribution in [2.24, 2.45) is 0 Å². The third-order valence-electron chi connectivity index (χ3n) is 2.74. The van der Waals surface area contributed by atoms with Crippen molar-refractivity contribution in [3.63, 3.8) is 0 Å². The van der Waals surface area contributed by atoms with Crippen molar-refractivity contribution in [1.82, 2.24) is 29.6 Å². The molecule has 0 amide bonds. The van der Waals surface area contributed by atoms with Gasteiger partial charge in [0.1, 0.15) is 6.33 Å². The van der Waals surface area contributed by atoms with E-state index in [2.05, 4.69) is 41.3 Å². The highest BCUT2D eigenvalue weighted by molar-refractivity contribution is 4.99. The monoisotopic (exact) mass is 248 g/mol. The van der Waals surface area contributed by atoms with Crippen molar-refractivity contribution in [1.29, 1.82) is 0 Å². The molecule has 0 fully saturated rings. The molecule has 0 saturated heterocycles. The van der Waals surface area contributed by atoms with Crippen molar-refractivity contribution >= 4 is 0 Å². The van der Waals surface area contributed by atoms with E-state index in [1.807, 2.05) is 21.7 Å². The summed E-state index contributed by atoms with van der Waals surface area (Å²) in [5.74, 6) is 0.957. The largest absolute Gasteiger partial charge is 0.329 e. The van der Waals surface area contributed by atoms with Gasteiger partial charge >= 0.3 is 0 Å². The van der Waals surface area contributed by atoms with Crippen LogP contribution in [0.5, 0.6) is 0 Å². The summed E-state index contributed by atoms with van der Waals surface area (Å²) in [5, 5.41) is 11.4. The van der Waals surface area contributed by atoms with Gasteiger partial charge in [0.25, 0.3) is 0 Å². The number of aryl methyl sites for hydroxylation is 1. The summed E-state index contributed by atoms with van der Waals surface area (Å²) >= 11 is 0. The molecule has 0 aliphatic rings. The molecule has 0 atom stereocenters. The molecule has 6 heteroatoms. The molecule has 2 heterocycles. The molecule has 0 saturated carbocycles. The molecule has 0 aromatic carbocycles. The minimum atomic E-state index is 0.471. The predicted molar refractivity (Wildman–Crippen MR) is 69.0 cm³/mol. The van der Waals surface area contributed by atoms with Crippen molar-refractivity contribution in [3.05, 3.63) is 30.4 Å². The van der Waals surface area contributed by atoms with E-state index in [0.717, 1.165) is 24.6 Å². The normalized spacial score (nSPS) is 11.3. The summed E-state index contributed by atoms with van der Waals surface area (Å²) in [6.45, 7) is 8.73. The lowest BCUT2D eigenvalue weighted by molar-refractivity contribution is 0.582. The van der Waals surface area contributed by atoms with Gasteiger partial charge in [-0.15, -0.1) is 10.2 Å². The second-order valence-electron chi connectivity index (χ2n) is 4.61. The molecule has 2 rings (SSSR count). The minimum absolute atomic E-state index is 0.471. The zero-order chi connectivity index (χ0) is 13.0. The summed E-state index contributed by atoms with van der Waals surface area (Å²) in [7, 11) is 0. The van der Waals surface area contributed by atoms with E-state index in [0.29, 0.717) is 12.6 Å². The Bertz CT molecular complexity index is 484. The molecule has 6 nitrogen and oxygen atoms in total. The highest BCUT2D eigenvalue weighted by atomic mass is 15.3. The van der Waals surface area contributed by atoms with Crippen LogP contribution < -0.4 is 5.32 Å². The zero-order valence-corrected chi connectivity index (χ0v) is 11.2. The summed E-state index contributed by atoms with van der Waals surface area (Å²) in [6, 6.07) is 0.471. The maximum atomic E-state index is 4.37. The fourth-order valence-electron chi connectivity index (χ4n) is 1.72. The lowest BCUT2D eigenvalue weighted by Crippen LogP contribution is -2.21. The Labute approximate surface area is 107 Å². The molecule has 0 bridgehead atoms. The Morgan fingerprint density at radius 2 is 2.17 bits per heavy atom. The standard InChI is InChI=1S/C12H20N6/c1-4-18-9-15-16-12(18)7-17-6-11(14-8-17)5-13-10(2)3/h6,8-10,13H,4-5,7H2,1-3H3. The minimum Gasteiger partial charge on any atom is -0.329 e. The van der Waals surface area contributed by atoms with Gasteiger partial charge in [-0.3, -0.25) is 0 Å². The average molecular weight is 248 g/mol. The molecular formula is C12H20N6. The number of rotatable bonds is 6. The van der Waals surface area contributed by atoms with Gasteiger partial charge in [0.05, 0.1) is 18.6 Å². The average Bonchev–Trinajstić information content (AvgIpc) is 2.96. The second kappa shape index (κ2) is 5.77. The van der Waals surface area contributed by atoms with E-state index >= 15 is 0 Å². The van der Waals surface area contributed by atoms with Crippen LogP contribution in [0.3, 0.4) is 0 Å². The van der Waals surface area contributed by atoms with Gasteiger partial charge in [0, 0.05) is 25.3 Å². The molecule has 98 valence electrons. The van der Waals surface area contributed by atoms with Crippen LogP contribution >= 0.6 is 0 Å². The molecule has 0 unspecified atom stereocenters. The lowest BCUT2D eigenvalue weighted by Gasteiger charge is -2.05. The van der Waals surface area contributed by atoms with Crippen LogP contribution in [0.15, 0.2) is 18.9 Å². The number of hydrogen-bond acceptors (Lipinski definition) is 4. The molecule has 0 radical (unpaired) electrons. The van der Waals surface area contributed by atoms with Gasteiger partial charge in [-0.1, -0.05) is 13.8 Å². The van der Waals surface area contributed by atoms with Crippen LogP contribution in [-0.4, -0.2) is 30.4 Å². The predicted octanol–water partition coefficient (Wildman–Crippen LogP) is 1.04. The molecule has 0 aliphatic carbocycles. The van der Waals surface area contributed by atoms with E-state index in [9.17, 15) is 0 Å². The second-order valence-corrected chi connectivity index (χ2v) is 4.61. The van der Waals surface area contributed by atoms with E-state index in [1.165, 1.54) is 0 Å². The summed E-state index contributed by atoms with van der Waals surface area (Å²) in [6.07, 6.45) is 5.64. The number of aromatic nitrogens is 5. The molecule has 2 aromatic rings. The van der Waals surface area contributed by atoms with E-state index in [-0.39, 0.29) is 0 Å². The molecule has 18 heavy (non-hydrogen) atoms. The first kappa shape index (κ1) is 12.8. The van der Waals surface area contributed by atoms with Crippen molar-refractivity contribution in [3.8, 4) is 0 Å². The van der Waals surface area contributed by atoms with Gasteiger partial charge in [-0.2, -0.15) is 0 Å². The Hall–Kier alpha value is -1.69. The molecule has 1 N–H and O–H groups in total. The number of nitrogens with one attached hydrogen (secondary N) is 1. The fraction of sp³-hybridized carbons (Fsp3) is 0.583. The Kier molecular flexibility index (Phi) is 4.09. The van der Waals surface area contributed by atoms with Crippen LogP contribution in [0.4, 0.5) is 0 Å². The van der Waals surface area contributed by atoms with Crippen LogP contribution in [-0.2, 0) is 19.6 Å². The maximum Gasteiger partial charge on any atom is 0.152 e. The van der Waals surface area contributed by atoms with Gasteiger partial charge in [0.15, 0.2) is 5.82 Å². The van der Waals surface area contributed by atoms with Crippen LogP contribution in [0.1, 0.15) is 32.3 Å². The maximum absolute atomic E-state index is 4.37. The Morgan fingerprint density at radius 3 is 2.89 bits per heavy atom. The van der Waals surface area contributed by atoms with Crippen molar-refractivity contribution in [2.75, 3.05) is 0 Å². The van der Waals surface area contributed by atoms with Crippen LogP contribution in [0.25, 0.3) is 0 Å². The summed E-state index contributed by atoms with van der Waals surface area (Å²) < 4.78 is 4.07. The van der Waals surface area contributed by atoms with Crippen molar-refractivity contribution in [2.45, 2.75) is 46.4 Å². The number of imidazole rings is 1. The Balaban J connectivity index is 1.98. The first-order valence-corrected chi connectivity index (χ1v) is 6.29. The number of nitrogens with zero attached hydrogens (tertiary/aromatic N) is 5. The van der Waals surface area contributed by atoms with Crippen LogP contribution in [0.2, 0.25) is 0 Å².